The predicted octanol–water partition coefficient (Wildman–Crippen LogP) is 6.08. The Labute approximate surface area is 200 Å². The third-order valence-electron chi connectivity index (χ3n) is 8.43. The van der Waals surface area contributed by atoms with E-state index in [0.717, 1.165) is 19.4 Å². The second-order valence-corrected chi connectivity index (χ2v) is 10.6. The van der Waals surface area contributed by atoms with E-state index in [1.807, 2.05) is 6.21 Å². The highest BCUT2D eigenvalue weighted by Gasteiger charge is 2.36. The van der Waals surface area contributed by atoms with Crippen molar-refractivity contribution in [1.29, 1.82) is 0 Å². The summed E-state index contributed by atoms with van der Waals surface area (Å²) >= 11 is 0. The lowest BCUT2D eigenvalue weighted by Crippen LogP contribution is -2.52. The summed E-state index contributed by atoms with van der Waals surface area (Å²) in [5.41, 5.74) is 4.61. The van der Waals surface area contributed by atoms with Crippen molar-refractivity contribution < 1.29 is 0 Å². The molecule has 0 amide bonds. The van der Waals surface area contributed by atoms with Gasteiger partial charge in [-0.3, -0.25) is 9.89 Å². The quantitative estimate of drug-likeness (QED) is 0.533. The van der Waals surface area contributed by atoms with Crippen molar-refractivity contribution >= 4 is 6.21 Å². The Hall–Kier alpha value is -1.97. The topological polar surface area (TPSA) is 27.6 Å². The van der Waals surface area contributed by atoms with Gasteiger partial charge in [0.05, 0.1) is 0 Å². The Balaban J connectivity index is 1.35. The van der Waals surface area contributed by atoms with E-state index in [1.165, 1.54) is 49.7 Å². The van der Waals surface area contributed by atoms with E-state index in [0.29, 0.717) is 36.1 Å². The van der Waals surface area contributed by atoms with Crippen LogP contribution in [-0.2, 0) is 0 Å². The molecular weight excluding hydrogens is 402 g/mol. The van der Waals surface area contributed by atoms with Gasteiger partial charge >= 0.3 is 0 Å². The molecule has 3 aliphatic carbocycles. The number of nitrogens with zero attached hydrogens (tertiary/aromatic N) is 2. The highest BCUT2D eigenvalue weighted by Crippen LogP contribution is 2.36. The van der Waals surface area contributed by atoms with Crippen molar-refractivity contribution in [2.45, 2.75) is 95.4 Å². The fourth-order valence-corrected chi connectivity index (χ4v) is 6.56. The summed E-state index contributed by atoms with van der Waals surface area (Å²) < 4.78 is 0. The van der Waals surface area contributed by atoms with E-state index in [1.54, 1.807) is 5.57 Å². The first kappa shape index (κ1) is 22.8. The van der Waals surface area contributed by atoms with Gasteiger partial charge in [-0.15, -0.1) is 0 Å². The smallest absolute Gasteiger partial charge is 0.0429 e. The number of dihydropyridines is 1. The van der Waals surface area contributed by atoms with Gasteiger partial charge in [-0.25, -0.2) is 0 Å². The zero-order chi connectivity index (χ0) is 22.6. The van der Waals surface area contributed by atoms with Gasteiger partial charge in [-0.1, -0.05) is 54.2 Å². The highest BCUT2D eigenvalue weighted by atomic mass is 15.2. The average Bonchev–Trinajstić information content (AvgIpc) is 2.90. The van der Waals surface area contributed by atoms with Gasteiger partial charge < -0.3 is 5.32 Å². The highest BCUT2D eigenvalue weighted by molar-refractivity contribution is 5.74. The fourth-order valence-electron chi connectivity index (χ4n) is 6.56. The molecule has 0 aromatic heterocycles. The van der Waals surface area contributed by atoms with Crippen molar-refractivity contribution in [3.8, 4) is 0 Å². The maximum absolute atomic E-state index is 4.37. The number of rotatable bonds is 4. The molecule has 5 aliphatic rings. The third-order valence-corrected chi connectivity index (χ3v) is 8.43. The minimum atomic E-state index is 0.437. The molecule has 0 fully saturated rings. The number of hydrogen-bond acceptors (Lipinski definition) is 3. The monoisotopic (exact) mass is 443 g/mol. The normalized spacial score (nSPS) is 39.5. The maximum atomic E-state index is 4.37. The molecule has 0 spiro atoms. The van der Waals surface area contributed by atoms with E-state index < -0.39 is 0 Å². The molecule has 0 aromatic carbocycles. The zero-order valence-electron chi connectivity index (χ0n) is 20.5. The van der Waals surface area contributed by atoms with Crippen LogP contribution in [0, 0.1) is 5.92 Å². The van der Waals surface area contributed by atoms with Crippen LogP contribution in [0.5, 0.6) is 0 Å². The minimum Gasteiger partial charge on any atom is -0.304 e. The van der Waals surface area contributed by atoms with Gasteiger partial charge in [0.15, 0.2) is 0 Å². The van der Waals surface area contributed by atoms with Crippen LogP contribution < -0.4 is 5.32 Å². The Bertz CT molecular complexity index is 915. The maximum Gasteiger partial charge on any atom is 0.0429 e. The molecule has 0 aromatic rings. The minimum absolute atomic E-state index is 0.437. The van der Waals surface area contributed by atoms with Crippen LogP contribution in [0.1, 0.15) is 65.2 Å². The van der Waals surface area contributed by atoms with Crippen LogP contribution in [0.25, 0.3) is 0 Å². The van der Waals surface area contributed by atoms with Crippen LogP contribution in [0.3, 0.4) is 0 Å². The van der Waals surface area contributed by atoms with E-state index in [-0.39, 0.29) is 0 Å². The van der Waals surface area contributed by atoms with Crippen LogP contribution >= 0.6 is 0 Å². The molecule has 0 saturated carbocycles. The molecule has 0 saturated heterocycles. The first-order chi connectivity index (χ1) is 16.2. The van der Waals surface area contributed by atoms with E-state index in [2.05, 4.69) is 83.7 Å². The van der Waals surface area contributed by atoms with Gasteiger partial charge in [0.2, 0.25) is 0 Å². The van der Waals surface area contributed by atoms with Gasteiger partial charge in [-0.05, 0) is 82.4 Å². The Morgan fingerprint density at radius 2 is 1.97 bits per heavy atom. The summed E-state index contributed by atoms with van der Waals surface area (Å²) in [5, 5.41) is 3.98. The number of hydrogen-bond donors (Lipinski definition) is 1. The van der Waals surface area contributed by atoms with Crippen LogP contribution in [0.2, 0.25) is 0 Å². The molecule has 33 heavy (non-hydrogen) atoms. The van der Waals surface area contributed by atoms with Gasteiger partial charge in [0, 0.05) is 48.9 Å². The fraction of sp³-hybridized carbons (Fsp3) is 0.567. The van der Waals surface area contributed by atoms with Gasteiger partial charge in [-0.2, -0.15) is 0 Å². The number of nitrogens with one attached hydrogen (secondary N) is 1. The summed E-state index contributed by atoms with van der Waals surface area (Å²) in [4.78, 5) is 7.19. The molecule has 0 radical (unpaired) electrons. The van der Waals surface area contributed by atoms with Gasteiger partial charge in [0.25, 0.3) is 0 Å². The molecule has 2 aliphatic heterocycles. The Kier molecular flexibility index (Phi) is 7.27. The lowest BCUT2D eigenvalue weighted by Gasteiger charge is -2.45. The van der Waals surface area contributed by atoms with Crippen LogP contribution in [0.4, 0.5) is 0 Å². The SMILES string of the molecule is C/C1=C\C=C/C(C)N(C2CC=C(C3=CC=NCC3)CC2)C2C=CC(NC3C=CCCC3)C1C2. The first-order valence-electron chi connectivity index (χ1n) is 13.3. The molecule has 6 unspecified atom stereocenters. The summed E-state index contributed by atoms with van der Waals surface area (Å²) in [6.07, 6.45) is 33.4. The predicted molar refractivity (Wildman–Crippen MR) is 141 cm³/mol. The summed E-state index contributed by atoms with van der Waals surface area (Å²) in [6.45, 7) is 5.69. The molecule has 6 atom stereocenters. The molecule has 1 N–H and O–H groups in total. The molecule has 2 heterocycles. The Morgan fingerprint density at radius 1 is 1.03 bits per heavy atom. The number of allylic oxidation sites excluding steroid dienone is 5. The van der Waals surface area contributed by atoms with E-state index in [4.69, 9.17) is 0 Å². The molecular formula is C30H41N3. The lowest BCUT2D eigenvalue weighted by atomic mass is 9.79. The number of fused-ring (bicyclic) bond motifs is 2. The first-order valence-corrected chi connectivity index (χ1v) is 13.3. The molecule has 3 nitrogen and oxygen atoms in total. The van der Waals surface area contributed by atoms with E-state index in [9.17, 15) is 0 Å². The summed E-state index contributed by atoms with van der Waals surface area (Å²) in [5.74, 6) is 0.564. The lowest BCUT2D eigenvalue weighted by molar-refractivity contribution is 0.103. The van der Waals surface area contributed by atoms with Crippen molar-refractivity contribution in [2.75, 3.05) is 6.54 Å². The zero-order valence-corrected chi connectivity index (χ0v) is 20.5. The van der Waals surface area contributed by atoms with E-state index >= 15 is 0 Å². The number of aliphatic imine (C=N–C) groups is 1. The standard InChI is InChI=1S/C30H41N3/c1-22-7-6-8-23(2)33(27-13-11-24(12-14-27)25-17-19-31-20-18-25)28-15-16-30(29(22)21-28)32-26-9-4-3-5-10-26/h4,6-9,11,15-17,19,23,26-30,32H,3,5,10,12-14,18,20-21H2,1-2H3/b8-6-,22-7+. The summed E-state index contributed by atoms with van der Waals surface area (Å²) in [6, 6.07) is 2.54. The molecule has 176 valence electrons. The summed E-state index contributed by atoms with van der Waals surface area (Å²) in [7, 11) is 0. The molecule has 5 rings (SSSR count). The Morgan fingerprint density at radius 3 is 2.73 bits per heavy atom. The van der Waals surface area contributed by atoms with Crippen molar-refractivity contribution in [3.63, 3.8) is 0 Å². The third kappa shape index (κ3) is 5.25. The second kappa shape index (κ2) is 10.5. The van der Waals surface area contributed by atoms with Crippen LogP contribution in [0.15, 0.2) is 76.4 Å². The molecule has 2 bridgehead atoms. The van der Waals surface area contributed by atoms with Crippen molar-refractivity contribution in [2.24, 2.45) is 10.9 Å². The largest absolute Gasteiger partial charge is 0.304 e. The average molecular weight is 444 g/mol. The van der Waals surface area contributed by atoms with Crippen molar-refractivity contribution in [3.05, 3.63) is 71.4 Å². The van der Waals surface area contributed by atoms with Gasteiger partial charge in [0.1, 0.15) is 0 Å². The van der Waals surface area contributed by atoms with Crippen LogP contribution in [-0.4, -0.2) is 47.9 Å². The molecule has 3 heteroatoms. The van der Waals surface area contributed by atoms with Crippen molar-refractivity contribution in [1.82, 2.24) is 10.2 Å². The second-order valence-electron chi connectivity index (χ2n) is 10.6.